The van der Waals surface area contributed by atoms with Crippen molar-refractivity contribution in [3.8, 4) is 0 Å². The minimum absolute atomic E-state index is 0.00544. The van der Waals surface area contributed by atoms with Gasteiger partial charge in [0.1, 0.15) is 4.90 Å². The van der Waals surface area contributed by atoms with E-state index in [0.29, 0.717) is 6.42 Å². The van der Waals surface area contributed by atoms with Crippen LogP contribution in [-0.4, -0.2) is 14.2 Å². The van der Waals surface area contributed by atoms with Gasteiger partial charge in [0, 0.05) is 16.0 Å². The maximum absolute atomic E-state index is 12.3. The fourth-order valence-electron chi connectivity index (χ4n) is 1.88. The Balaban J connectivity index is 2.35. The number of hydrogen-bond donors (Lipinski definition) is 1. The first-order chi connectivity index (χ1) is 9.29. The summed E-state index contributed by atoms with van der Waals surface area (Å²) in [6, 6.07) is 4.09. The number of primary sulfonamides is 1. The van der Waals surface area contributed by atoms with E-state index in [1.54, 1.807) is 12.2 Å². The second-order valence-electron chi connectivity index (χ2n) is 4.34. The van der Waals surface area contributed by atoms with E-state index < -0.39 is 10.0 Å². The molecular weight excluding hydrogens is 366 g/mol. The molecule has 4 nitrogen and oxygen atoms in total. The number of sulfonamides is 1. The summed E-state index contributed by atoms with van der Waals surface area (Å²) in [5, 5.41) is 5.08. The average Bonchev–Trinajstić information content (AvgIpc) is 2.38. The van der Waals surface area contributed by atoms with Gasteiger partial charge in [-0.05, 0) is 24.6 Å². The van der Waals surface area contributed by atoms with Crippen LogP contribution in [0.5, 0.6) is 0 Å². The van der Waals surface area contributed by atoms with Crippen molar-refractivity contribution in [3.05, 3.63) is 51.5 Å². The van der Waals surface area contributed by atoms with Crippen LogP contribution >= 0.6 is 27.5 Å². The van der Waals surface area contributed by atoms with Crippen molar-refractivity contribution in [1.82, 2.24) is 0 Å². The Morgan fingerprint density at radius 2 is 2.10 bits per heavy atom. The van der Waals surface area contributed by atoms with Gasteiger partial charge in [0.25, 0.3) is 0 Å². The third kappa shape index (κ3) is 3.38. The van der Waals surface area contributed by atoms with Crippen LogP contribution in [0.1, 0.15) is 16.8 Å². The van der Waals surface area contributed by atoms with E-state index in [2.05, 4.69) is 15.9 Å². The van der Waals surface area contributed by atoms with Crippen LogP contribution in [0.15, 0.2) is 45.8 Å². The smallest absolute Gasteiger partial charge is 0.239 e. The second-order valence-corrected chi connectivity index (χ2v) is 7.20. The van der Waals surface area contributed by atoms with Crippen molar-refractivity contribution in [1.29, 1.82) is 0 Å². The van der Waals surface area contributed by atoms with Gasteiger partial charge in [-0.2, -0.15) is 0 Å². The standard InChI is InChI=1S/C13H11BrClNO3S/c14-10-4-1-8(2-5-10)13(17)9-3-6-11(15)12(7-9)20(16,18)19/h1,3-8H,2H2,(H2,16,18,19). The second kappa shape index (κ2) is 5.81. The highest BCUT2D eigenvalue weighted by molar-refractivity contribution is 9.11. The van der Waals surface area contributed by atoms with Crippen molar-refractivity contribution in [2.75, 3.05) is 0 Å². The highest BCUT2D eigenvalue weighted by atomic mass is 79.9. The summed E-state index contributed by atoms with van der Waals surface area (Å²) in [6.07, 6.45) is 6.02. The van der Waals surface area contributed by atoms with Crippen molar-refractivity contribution in [2.45, 2.75) is 11.3 Å². The van der Waals surface area contributed by atoms with Gasteiger partial charge in [-0.25, -0.2) is 13.6 Å². The molecule has 0 fully saturated rings. The summed E-state index contributed by atoms with van der Waals surface area (Å²) in [6.45, 7) is 0. The Hall–Kier alpha value is -0.950. The van der Waals surface area contributed by atoms with Gasteiger partial charge in [-0.3, -0.25) is 4.79 Å². The number of carbonyl (C=O) groups excluding carboxylic acids is 1. The van der Waals surface area contributed by atoms with Gasteiger partial charge >= 0.3 is 0 Å². The molecule has 0 spiro atoms. The maximum Gasteiger partial charge on any atom is 0.239 e. The number of halogens is 2. The first-order valence-electron chi connectivity index (χ1n) is 5.69. The molecule has 2 N–H and O–H groups in total. The predicted molar refractivity (Wildman–Crippen MR) is 81.4 cm³/mol. The molecule has 1 aromatic carbocycles. The minimum Gasteiger partial charge on any atom is -0.294 e. The molecular formula is C13H11BrClNO3S. The number of nitrogens with two attached hydrogens (primary N) is 1. The zero-order valence-corrected chi connectivity index (χ0v) is 13.4. The Kier molecular flexibility index (Phi) is 4.49. The fourth-order valence-corrected chi connectivity index (χ4v) is 3.29. The zero-order chi connectivity index (χ0) is 14.9. The normalized spacial score (nSPS) is 18.8. The van der Waals surface area contributed by atoms with Gasteiger partial charge in [0.15, 0.2) is 5.78 Å². The Morgan fingerprint density at radius 1 is 1.40 bits per heavy atom. The Morgan fingerprint density at radius 3 is 2.65 bits per heavy atom. The lowest BCUT2D eigenvalue weighted by Crippen LogP contribution is -2.16. The molecule has 0 bridgehead atoms. The van der Waals surface area contributed by atoms with Crippen LogP contribution in [0.3, 0.4) is 0 Å². The first-order valence-corrected chi connectivity index (χ1v) is 8.41. The third-order valence-corrected chi connectivity index (χ3v) is 4.89. The van der Waals surface area contributed by atoms with E-state index >= 15 is 0 Å². The predicted octanol–water partition coefficient (Wildman–Crippen LogP) is 3.03. The molecule has 1 aliphatic carbocycles. The lowest BCUT2D eigenvalue weighted by Gasteiger charge is -2.14. The van der Waals surface area contributed by atoms with Gasteiger partial charge in [-0.1, -0.05) is 45.8 Å². The number of allylic oxidation sites excluding steroid dienone is 4. The van der Waals surface area contributed by atoms with E-state index in [-0.39, 0.29) is 27.2 Å². The highest BCUT2D eigenvalue weighted by Gasteiger charge is 2.21. The molecule has 0 heterocycles. The van der Waals surface area contributed by atoms with Crippen LogP contribution in [-0.2, 0) is 10.0 Å². The number of Topliss-reactive ketones (excluding diaryl/α,β-unsaturated/α-hetero) is 1. The zero-order valence-electron chi connectivity index (χ0n) is 10.2. The first kappa shape index (κ1) is 15.4. The van der Waals surface area contributed by atoms with Gasteiger partial charge < -0.3 is 0 Å². The molecule has 1 unspecified atom stereocenters. The van der Waals surface area contributed by atoms with Crippen LogP contribution < -0.4 is 5.14 Å². The summed E-state index contributed by atoms with van der Waals surface area (Å²) in [7, 11) is -3.95. The minimum atomic E-state index is -3.95. The summed E-state index contributed by atoms with van der Waals surface area (Å²) in [4.78, 5) is 12.1. The summed E-state index contributed by atoms with van der Waals surface area (Å²) in [5.41, 5.74) is 0.277. The summed E-state index contributed by atoms with van der Waals surface area (Å²) >= 11 is 9.11. The van der Waals surface area contributed by atoms with Crippen molar-refractivity contribution < 1.29 is 13.2 Å². The van der Waals surface area contributed by atoms with E-state index in [0.717, 1.165) is 4.48 Å². The van der Waals surface area contributed by atoms with Crippen LogP contribution in [0.25, 0.3) is 0 Å². The molecule has 0 radical (unpaired) electrons. The molecule has 0 aromatic heterocycles. The Bertz CT molecular complexity index is 725. The molecule has 1 aliphatic rings. The number of hydrogen-bond acceptors (Lipinski definition) is 3. The summed E-state index contributed by atoms with van der Waals surface area (Å²) < 4.78 is 23.7. The topological polar surface area (TPSA) is 77.2 Å². The van der Waals surface area contributed by atoms with Gasteiger partial charge in [0.05, 0.1) is 5.02 Å². The molecule has 106 valence electrons. The molecule has 0 saturated heterocycles. The number of benzene rings is 1. The molecule has 7 heteroatoms. The molecule has 0 aliphatic heterocycles. The lowest BCUT2D eigenvalue weighted by atomic mass is 9.92. The Labute approximate surface area is 130 Å². The number of carbonyl (C=O) groups is 1. The molecule has 1 atom stereocenters. The molecule has 2 rings (SSSR count). The molecule has 0 amide bonds. The third-order valence-electron chi connectivity index (χ3n) is 2.91. The average molecular weight is 377 g/mol. The largest absolute Gasteiger partial charge is 0.294 e. The van der Waals surface area contributed by atoms with E-state index in [1.165, 1.54) is 18.2 Å². The monoisotopic (exact) mass is 375 g/mol. The van der Waals surface area contributed by atoms with Crippen LogP contribution in [0.2, 0.25) is 5.02 Å². The lowest BCUT2D eigenvalue weighted by molar-refractivity contribution is 0.0945. The van der Waals surface area contributed by atoms with E-state index in [4.69, 9.17) is 16.7 Å². The van der Waals surface area contributed by atoms with Crippen LogP contribution in [0, 0.1) is 5.92 Å². The van der Waals surface area contributed by atoms with Crippen LogP contribution in [0.4, 0.5) is 0 Å². The van der Waals surface area contributed by atoms with Crippen molar-refractivity contribution in [3.63, 3.8) is 0 Å². The highest BCUT2D eigenvalue weighted by Crippen LogP contribution is 2.26. The summed E-state index contributed by atoms with van der Waals surface area (Å²) in [5.74, 6) is -0.482. The molecule has 0 saturated carbocycles. The molecule has 1 aromatic rings. The quantitative estimate of drug-likeness (QED) is 0.824. The van der Waals surface area contributed by atoms with E-state index in [1.807, 2.05) is 6.08 Å². The van der Waals surface area contributed by atoms with Crippen molar-refractivity contribution in [2.24, 2.45) is 11.1 Å². The fraction of sp³-hybridized carbons (Fsp3) is 0.154. The van der Waals surface area contributed by atoms with Crippen molar-refractivity contribution >= 4 is 43.3 Å². The maximum atomic E-state index is 12.3. The SMILES string of the molecule is NS(=O)(=O)c1cc(C(=O)C2C=CC(Br)=CC2)ccc1Cl. The number of rotatable bonds is 3. The molecule has 20 heavy (non-hydrogen) atoms. The van der Waals surface area contributed by atoms with Gasteiger partial charge in [-0.15, -0.1) is 0 Å². The van der Waals surface area contributed by atoms with E-state index in [9.17, 15) is 13.2 Å². The van der Waals surface area contributed by atoms with Gasteiger partial charge in [0.2, 0.25) is 10.0 Å². The number of ketones is 1.